The van der Waals surface area contributed by atoms with Gasteiger partial charge >= 0.3 is 0 Å². The second kappa shape index (κ2) is 19.2. The molecule has 6 nitrogen and oxygen atoms in total. The van der Waals surface area contributed by atoms with Gasteiger partial charge in [-0.2, -0.15) is 0 Å². The van der Waals surface area contributed by atoms with E-state index >= 15 is 0 Å². The molecule has 0 radical (unpaired) electrons. The molecule has 2 N–H and O–H groups in total. The molecule has 1 atom stereocenters. The normalized spacial score (nSPS) is 12.1. The highest BCUT2D eigenvalue weighted by Crippen LogP contribution is 2.21. The molecule has 0 saturated carbocycles. The van der Waals surface area contributed by atoms with E-state index in [9.17, 15) is 9.59 Å². The lowest BCUT2D eigenvalue weighted by Gasteiger charge is -2.33. The van der Waals surface area contributed by atoms with E-state index in [0.29, 0.717) is 19.1 Å². The Kier molecular flexibility index (Phi) is 19.2. The summed E-state index contributed by atoms with van der Waals surface area (Å²) in [5, 5.41) is 5.60. The molecule has 34 heavy (non-hydrogen) atoms. The Morgan fingerprint density at radius 3 is 2.03 bits per heavy atom. The SMILES string of the molecule is CC(C)c1ccccc1.CCC.CNCC(=O)NC(C(=O)N(C)C/C=C(\C)COC)C(C)(C)C. The van der Waals surface area contributed by atoms with Crippen LogP contribution in [0.5, 0.6) is 0 Å². The summed E-state index contributed by atoms with van der Waals surface area (Å²) in [7, 11) is 5.07. The summed E-state index contributed by atoms with van der Waals surface area (Å²) in [6, 6.07) is 9.96. The maximum Gasteiger partial charge on any atom is 0.245 e. The van der Waals surface area contributed by atoms with Crippen molar-refractivity contribution in [1.82, 2.24) is 15.5 Å². The van der Waals surface area contributed by atoms with Crippen molar-refractivity contribution in [1.29, 1.82) is 0 Å². The predicted molar refractivity (Wildman–Crippen MR) is 145 cm³/mol. The number of amides is 2. The first-order chi connectivity index (χ1) is 15.8. The molecule has 0 heterocycles. The van der Waals surface area contributed by atoms with E-state index < -0.39 is 6.04 Å². The standard InChI is InChI=1S/C16H31N3O3.C9H12.C3H8/c1-12(11-22-7)8-9-19(6)15(21)14(16(2,3)4)18-13(20)10-17-5;1-8(2)9-6-4-3-5-7-9;1-3-2/h8,14,17H,9-11H2,1-7H3,(H,18,20);3-8H,1-2H3;3H2,1-2H3/b12-8+;;. The molecule has 0 fully saturated rings. The molecule has 0 aliphatic carbocycles. The van der Waals surface area contributed by atoms with Crippen LogP contribution >= 0.6 is 0 Å². The molecule has 0 spiro atoms. The van der Waals surface area contributed by atoms with E-state index in [1.165, 1.54) is 12.0 Å². The number of nitrogens with zero attached hydrogens (tertiary/aromatic N) is 1. The van der Waals surface area contributed by atoms with Gasteiger partial charge in [0.1, 0.15) is 6.04 Å². The summed E-state index contributed by atoms with van der Waals surface area (Å²) in [6.45, 7) is 17.7. The quantitative estimate of drug-likeness (QED) is 0.490. The zero-order valence-corrected chi connectivity index (χ0v) is 23.6. The topological polar surface area (TPSA) is 70.7 Å². The Hall–Kier alpha value is -2.18. The number of nitrogens with one attached hydrogen (secondary N) is 2. The number of hydrogen-bond donors (Lipinski definition) is 2. The first kappa shape index (κ1) is 34.0. The van der Waals surface area contributed by atoms with Crippen LogP contribution < -0.4 is 10.6 Å². The molecule has 0 aliphatic heterocycles. The molecular weight excluding hydrogens is 426 g/mol. The van der Waals surface area contributed by atoms with E-state index in [-0.39, 0.29) is 23.8 Å². The van der Waals surface area contributed by atoms with Crippen molar-refractivity contribution in [2.75, 3.05) is 40.9 Å². The number of ether oxygens (including phenoxy) is 1. The summed E-state index contributed by atoms with van der Waals surface area (Å²) < 4.78 is 5.04. The molecule has 0 bridgehead atoms. The number of rotatable bonds is 9. The maximum atomic E-state index is 12.6. The third-order valence-electron chi connectivity index (χ3n) is 4.68. The Balaban J connectivity index is 0. The van der Waals surface area contributed by atoms with Crippen LogP contribution in [0.1, 0.15) is 73.3 Å². The molecule has 1 unspecified atom stereocenters. The van der Waals surface area contributed by atoms with Gasteiger partial charge in [-0.1, -0.05) is 96.9 Å². The lowest BCUT2D eigenvalue weighted by Crippen LogP contribution is -2.55. The Labute approximate surface area is 209 Å². The number of carbonyl (C=O) groups is 2. The van der Waals surface area contributed by atoms with Crippen molar-refractivity contribution < 1.29 is 14.3 Å². The van der Waals surface area contributed by atoms with Gasteiger partial charge in [0.15, 0.2) is 0 Å². The third kappa shape index (κ3) is 16.4. The summed E-state index contributed by atoms with van der Waals surface area (Å²) in [4.78, 5) is 26.1. The highest BCUT2D eigenvalue weighted by molar-refractivity contribution is 5.89. The third-order valence-corrected chi connectivity index (χ3v) is 4.68. The maximum absolute atomic E-state index is 12.6. The molecule has 1 aromatic rings. The Morgan fingerprint density at radius 2 is 1.65 bits per heavy atom. The molecule has 2 amide bonds. The van der Waals surface area contributed by atoms with Crippen LogP contribution in [0.15, 0.2) is 42.0 Å². The number of hydrogen-bond acceptors (Lipinski definition) is 4. The van der Waals surface area contributed by atoms with Gasteiger partial charge < -0.3 is 20.3 Å². The lowest BCUT2D eigenvalue weighted by atomic mass is 9.85. The van der Waals surface area contributed by atoms with Gasteiger partial charge in [0.05, 0.1) is 13.2 Å². The summed E-state index contributed by atoms with van der Waals surface area (Å²) >= 11 is 0. The highest BCUT2D eigenvalue weighted by atomic mass is 16.5. The first-order valence-corrected chi connectivity index (χ1v) is 12.2. The van der Waals surface area contributed by atoms with Crippen molar-refractivity contribution in [3.8, 4) is 0 Å². The Morgan fingerprint density at radius 1 is 1.12 bits per heavy atom. The molecule has 196 valence electrons. The van der Waals surface area contributed by atoms with Crippen LogP contribution in [0.2, 0.25) is 0 Å². The minimum atomic E-state index is -0.561. The van der Waals surface area contributed by atoms with Crippen LogP contribution in [0.25, 0.3) is 0 Å². The van der Waals surface area contributed by atoms with E-state index in [1.807, 2.05) is 39.8 Å². The zero-order chi connectivity index (χ0) is 26.7. The molecule has 0 aliphatic rings. The van der Waals surface area contributed by atoms with E-state index in [0.717, 1.165) is 5.57 Å². The van der Waals surface area contributed by atoms with Crippen LogP contribution in [0.3, 0.4) is 0 Å². The first-order valence-electron chi connectivity index (χ1n) is 12.2. The van der Waals surface area contributed by atoms with Crippen molar-refractivity contribution in [3.05, 3.63) is 47.5 Å². The molecule has 1 aromatic carbocycles. The second-order valence-electron chi connectivity index (χ2n) is 9.87. The van der Waals surface area contributed by atoms with Gasteiger partial charge in [-0.15, -0.1) is 0 Å². The smallest absolute Gasteiger partial charge is 0.245 e. The largest absolute Gasteiger partial charge is 0.380 e. The van der Waals surface area contributed by atoms with E-state index in [1.54, 1.807) is 26.1 Å². The highest BCUT2D eigenvalue weighted by Gasteiger charge is 2.34. The number of likely N-dealkylation sites (N-methyl/N-ethyl adjacent to an activating group) is 2. The van der Waals surface area contributed by atoms with Gasteiger partial charge in [-0.3, -0.25) is 9.59 Å². The zero-order valence-electron chi connectivity index (χ0n) is 23.6. The van der Waals surface area contributed by atoms with Gasteiger partial charge in [0.2, 0.25) is 11.8 Å². The molecule has 0 aromatic heterocycles. The van der Waals surface area contributed by atoms with Crippen LogP contribution in [0.4, 0.5) is 0 Å². The lowest BCUT2D eigenvalue weighted by molar-refractivity contribution is -0.137. The monoisotopic (exact) mass is 477 g/mol. The van der Waals surface area contributed by atoms with Crippen molar-refractivity contribution in [2.24, 2.45) is 5.41 Å². The molecule has 0 saturated heterocycles. The fraction of sp³-hybridized carbons (Fsp3) is 0.643. The van der Waals surface area contributed by atoms with Crippen LogP contribution in [-0.2, 0) is 14.3 Å². The fourth-order valence-corrected chi connectivity index (χ4v) is 2.75. The van der Waals surface area contributed by atoms with Gasteiger partial charge in [-0.05, 0) is 30.9 Å². The number of benzene rings is 1. The molecule has 6 heteroatoms. The van der Waals surface area contributed by atoms with Gasteiger partial charge in [0.25, 0.3) is 0 Å². The Bertz CT molecular complexity index is 695. The van der Waals surface area contributed by atoms with Crippen LogP contribution in [-0.4, -0.2) is 63.7 Å². The van der Waals surface area contributed by atoms with Crippen molar-refractivity contribution in [3.63, 3.8) is 0 Å². The summed E-state index contributed by atoms with van der Waals surface area (Å²) in [5.41, 5.74) is 2.12. The van der Waals surface area contributed by atoms with Crippen LogP contribution in [0, 0.1) is 5.41 Å². The van der Waals surface area contributed by atoms with Gasteiger partial charge in [-0.25, -0.2) is 0 Å². The average molecular weight is 478 g/mol. The molecular formula is C28H51N3O3. The minimum Gasteiger partial charge on any atom is -0.380 e. The molecule has 1 rings (SSSR count). The van der Waals surface area contributed by atoms with E-state index in [4.69, 9.17) is 4.74 Å². The van der Waals surface area contributed by atoms with Crippen molar-refractivity contribution >= 4 is 11.8 Å². The van der Waals surface area contributed by atoms with Gasteiger partial charge in [0, 0.05) is 20.7 Å². The fourth-order valence-electron chi connectivity index (χ4n) is 2.75. The average Bonchev–Trinajstić information content (AvgIpc) is 2.76. The van der Waals surface area contributed by atoms with Crippen molar-refractivity contribution in [2.45, 2.75) is 73.8 Å². The number of methoxy groups -OCH3 is 1. The number of carbonyl (C=O) groups excluding carboxylic acids is 2. The predicted octanol–water partition coefficient (Wildman–Crippen LogP) is 5.01. The summed E-state index contributed by atoms with van der Waals surface area (Å²) in [6.07, 6.45) is 3.20. The minimum absolute atomic E-state index is 0.0987. The second-order valence-corrected chi connectivity index (χ2v) is 9.87. The van der Waals surface area contributed by atoms with E-state index in [2.05, 4.69) is 62.6 Å². The summed E-state index contributed by atoms with van der Waals surface area (Å²) in [5.74, 6) is 0.375.